The van der Waals surface area contributed by atoms with Gasteiger partial charge in [0.2, 0.25) is 0 Å². The van der Waals surface area contributed by atoms with Crippen LogP contribution in [0.25, 0.3) is 0 Å². The average Bonchev–Trinajstić information content (AvgIpc) is 2.81. The summed E-state index contributed by atoms with van der Waals surface area (Å²) in [4.78, 5) is 11.9. The van der Waals surface area contributed by atoms with Gasteiger partial charge in [-0.3, -0.25) is 0 Å². The van der Waals surface area contributed by atoms with E-state index in [2.05, 4.69) is 27.4 Å². The molecule has 4 atom stereocenters. The van der Waals surface area contributed by atoms with E-state index in [1.54, 1.807) is 6.92 Å². The van der Waals surface area contributed by atoms with Crippen LogP contribution in [0.4, 0.5) is 0 Å². The molecule has 1 fully saturated rings. The Kier molecular flexibility index (Phi) is 3.70. The Morgan fingerprint density at radius 3 is 2.86 bits per heavy atom. The smallest absolute Gasteiger partial charge is 0.333 e. The predicted molar refractivity (Wildman–Crippen MR) is 85.5 cm³/mol. The zero-order valence-electron chi connectivity index (χ0n) is 14.1. The van der Waals surface area contributed by atoms with Crippen molar-refractivity contribution in [2.24, 2.45) is 17.3 Å². The molecule has 0 bridgehead atoms. The SMILES string of the molecule is C=C(C)C(=O)O[C@H]1CC[C@@H]2Cc3occ(C)c3C[C@]2(C)[C@H]1C. The molecule has 2 aliphatic rings. The van der Waals surface area contributed by atoms with Gasteiger partial charge in [-0.15, -0.1) is 0 Å². The van der Waals surface area contributed by atoms with Crippen molar-refractivity contribution in [3.8, 4) is 0 Å². The number of hydrogen-bond acceptors (Lipinski definition) is 3. The van der Waals surface area contributed by atoms with Crippen LogP contribution < -0.4 is 0 Å². The van der Waals surface area contributed by atoms with Crippen LogP contribution in [0.3, 0.4) is 0 Å². The number of furan rings is 1. The van der Waals surface area contributed by atoms with Gasteiger partial charge in [0.15, 0.2) is 0 Å². The van der Waals surface area contributed by atoms with Gasteiger partial charge in [0, 0.05) is 12.0 Å². The number of fused-ring (bicyclic) bond motifs is 2. The Labute approximate surface area is 132 Å². The van der Waals surface area contributed by atoms with E-state index in [-0.39, 0.29) is 17.5 Å². The molecule has 0 spiro atoms. The molecule has 0 N–H and O–H groups in total. The number of carbonyl (C=O) groups is 1. The standard InChI is InChI=1S/C19H26O3/c1-11(2)18(20)22-16-7-6-14-8-17-15(12(3)10-21-17)9-19(14,5)13(16)4/h10,13-14,16H,1,6-9H2,2-5H3/t13-,14+,16-,19+/m0/s1. The monoisotopic (exact) mass is 302 g/mol. The molecule has 3 heteroatoms. The van der Waals surface area contributed by atoms with Gasteiger partial charge in [-0.2, -0.15) is 0 Å². The molecule has 0 radical (unpaired) electrons. The van der Waals surface area contributed by atoms with Crippen LogP contribution in [-0.2, 0) is 22.4 Å². The molecule has 1 heterocycles. The van der Waals surface area contributed by atoms with Gasteiger partial charge in [0.05, 0.1) is 6.26 Å². The Morgan fingerprint density at radius 2 is 2.18 bits per heavy atom. The molecule has 0 amide bonds. The van der Waals surface area contributed by atoms with E-state index in [4.69, 9.17) is 9.15 Å². The van der Waals surface area contributed by atoms with Crippen molar-refractivity contribution in [3.63, 3.8) is 0 Å². The van der Waals surface area contributed by atoms with Crippen LogP contribution in [-0.4, -0.2) is 12.1 Å². The van der Waals surface area contributed by atoms with Crippen LogP contribution in [0.1, 0.15) is 50.5 Å². The third kappa shape index (κ3) is 2.31. The Morgan fingerprint density at radius 1 is 1.45 bits per heavy atom. The van der Waals surface area contributed by atoms with Crippen LogP contribution in [0, 0.1) is 24.2 Å². The fourth-order valence-corrected chi connectivity index (χ4v) is 4.32. The third-order valence-electron chi connectivity index (χ3n) is 6.12. The first-order valence-corrected chi connectivity index (χ1v) is 8.25. The molecule has 2 aliphatic carbocycles. The highest BCUT2D eigenvalue weighted by molar-refractivity contribution is 5.87. The number of rotatable bonds is 2. The molecule has 3 nitrogen and oxygen atoms in total. The second-order valence-corrected chi connectivity index (χ2v) is 7.49. The van der Waals surface area contributed by atoms with E-state index in [9.17, 15) is 4.79 Å². The van der Waals surface area contributed by atoms with Gasteiger partial charge in [-0.05, 0) is 61.5 Å². The lowest BCUT2D eigenvalue weighted by Gasteiger charge is -2.51. The number of carbonyl (C=O) groups excluding carboxylic acids is 1. The van der Waals surface area contributed by atoms with Crippen molar-refractivity contribution in [2.75, 3.05) is 0 Å². The van der Waals surface area contributed by atoms with Crippen molar-refractivity contribution < 1.29 is 13.9 Å². The highest BCUT2D eigenvalue weighted by atomic mass is 16.5. The topological polar surface area (TPSA) is 39.4 Å². The minimum absolute atomic E-state index is 0.000734. The van der Waals surface area contributed by atoms with Crippen molar-refractivity contribution in [1.29, 1.82) is 0 Å². The third-order valence-corrected chi connectivity index (χ3v) is 6.12. The molecule has 0 aromatic carbocycles. The summed E-state index contributed by atoms with van der Waals surface area (Å²) in [6.45, 7) is 12.1. The zero-order valence-corrected chi connectivity index (χ0v) is 14.1. The summed E-state index contributed by atoms with van der Waals surface area (Å²) < 4.78 is 11.5. The molecule has 3 rings (SSSR count). The van der Waals surface area contributed by atoms with E-state index in [0.29, 0.717) is 17.4 Å². The lowest BCUT2D eigenvalue weighted by atomic mass is 9.55. The molecule has 1 aromatic heterocycles. The second kappa shape index (κ2) is 5.29. The van der Waals surface area contributed by atoms with E-state index < -0.39 is 0 Å². The number of ether oxygens (including phenoxy) is 1. The fourth-order valence-electron chi connectivity index (χ4n) is 4.32. The summed E-state index contributed by atoms with van der Waals surface area (Å²) in [6, 6.07) is 0. The minimum Gasteiger partial charge on any atom is -0.469 e. The molecule has 0 saturated heterocycles. The maximum absolute atomic E-state index is 11.9. The highest BCUT2D eigenvalue weighted by Crippen LogP contribution is 2.53. The molecular formula is C19H26O3. The second-order valence-electron chi connectivity index (χ2n) is 7.49. The quantitative estimate of drug-likeness (QED) is 0.606. The molecule has 120 valence electrons. The van der Waals surface area contributed by atoms with E-state index in [1.807, 2.05) is 6.26 Å². The average molecular weight is 302 g/mol. The van der Waals surface area contributed by atoms with Gasteiger partial charge in [-0.25, -0.2) is 4.79 Å². The highest BCUT2D eigenvalue weighted by Gasteiger charge is 2.50. The zero-order chi connectivity index (χ0) is 16.1. The van der Waals surface area contributed by atoms with Crippen molar-refractivity contribution in [3.05, 3.63) is 35.3 Å². The molecule has 0 aliphatic heterocycles. The first-order chi connectivity index (χ1) is 10.3. The Balaban J connectivity index is 1.84. The molecule has 22 heavy (non-hydrogen) atoms. The maximum Gasteiger partial charge on any atom is 0.333 e. The number of aryl methyl sites for hydroxylation is 1. The van der Waals surface area contributed by atoms with Crippen LogP contribution in [0.2, 0.25) is 0 Å². The van der Waals surface area contributed by atoms with Crippen LogP contribution in [0.15, 0.2) is 22.8 Å². The predicted octanol–water partition coefficient (Wildman–Crippen LogP) is 4.23. The van der Waals surface area contributed by atoms with Gasteiger partial charge in [0.1, 0.15) is 11.9 Å². The van der Waals surface area contributed by atoms with Gasteiger partial charge in [0.25, 0.3) is 0 Å². The summed E-state index contributed by atoms with van der Waals surface area (Å²) in [5.41, 5.74) is 3.27. The van der Waals surface area contributed by atoms with E-state index >= 15 is 0 Å². The summed E-state index contributed by atoms with van der Waals surface area (Å²) in [6.07, 6.45) is 5.96. The maximum atomic E-state index is 11.9. The lowest BCUT2D eigenvalue weighted by Crippen LogP contribution is -2.50. The van der Waals surface area contributed by atoms with Crippen LogP contribution in [0.5, 0.6) is 0 Å². The Hall–Kier alpha value is -1.51. The van der Waals surface area contributed by atoms with Crippen LogP contribution >= 0.6 is 0 Å². The summed E-state index contributed by atoms with van der Waals surface area (Å²) in [5, 5.41) is 0. The number of esters is 1. The summed E-state index contributed by atoms with van der Waals surface area (Å²) >= 11 is 0. The van der Waals surface area contributed by atoms with Gasteiger partial charge >= 0.3 is 5.97 Å². The largest absolute Gasteiger partial charge is 0.469 e. The van der Waals surface area contributed by atoms with Crippen molar-refractivity contribution >= 4 is 5.97 Å². The number of hydrogen-bond donors (Lipinski definition) is 0. The first kappa shape index (κ1) is 15.4. The minimum atomic E-state index is -0.255. The lowest BCUT2D eigenvalue weighted by molar-refractivity contribution is -0.156. The summed E-state index contributed by atoms with van der Waals surface area (Å²) in [7, 11) is 0. The molecular weight excluding hydrogens is 276 g/mol. The summed E-state index contributed by atoms with van der Waals surface area (Å²) in [5.74, 6) is 1.87. The molecule has 1 aromatic rings. The van der Waals surface area contributed by atoms with Crippen molar-refractivity contribution in [1.82, 2.24) is 0 Å². The first-order valence-electron chi connectivity index (χ1n) is 8.25. The fraction of sp³-hybridized carbons (Fsp3) is 0.632. The van der Waals surface area contributed by atoms with Crippen molar-refractivity contribution in [2.45, 2.75) is 59.5 Å². The van der Waals surface area contributed by atoms with Gasteiger partial charge < -0.3 is 9.15 Å². The normalized spacial score (nSPS) is 33.7. The molecule has 0 unspecified atom stereocenters. The van der Waals surface area contributed by atoms with Gasteiger partial charge in [-0.1, -0.05) is 20.4 Å². The van der Waals surface area contributed by atoms with E-state index in [1.165, 1.54) is 16.9 Å². The van der Waals surface area contributed by atoms with E-state index in [0.717, 1.165) is 25.7 Å². The molecule has 1 saturated carbocycles. The Bertz CT molecular complexity index is 612.